The van der Waals surface area contributed by atoms with Crippen LogP contribution in [0.4, 0.5) is 0 Å². The molecule has 3 aromatic rings. The second-order valence-corrected chi connectivity index (χ2v) is 7.99. The Hall–Kier alpha value is -2.93. The topological polar surface area (TPSA) is 88.4 Å². The molecule has 0 aliphatic carbocycles. The Labute approximate surface area is 175 Å². The number of aromatic nitrogens is 2. The van der Waals surface area contributed by atoms with Gasteiger partial charge in [0.25, 0.3) is 0 Å². The Balaban J connectivity index is 1.44. The van der Waals surface area contributed by atoms with E-state index in [4.69, 9.17) is 9.15 Å². The van der Waals surface area contributed by atoms with Crippen molar-refractivity contribution in [1.29, 1.82) is 0 Å². The van der Waals surface area contributed by atoms with Gasteiger partial charge in [0.1, 0.15) is 5.52 Å². The monoisotopic (exact) mass is 409 g/mol. The second kappa shape index (κ2) is 8.07. The molecule has 1 aliphatic heterocycles. The summed E-state index contributed by atoms with van der Waals surface area (Å²) in [5, 5.41) is 0. The first kappa shape index (κ1) is 20.3. The quantitative estimate of drug-likeness (QED) is 0.506. The van der Waals surface area contributed by atoms with Gasteiger partial charge in [0.15, 0.2) is 17.3 Å². The van der Waals surface area contributed by atoms with Gasteiger partial charge in [-0.3, -0.25) is 9.69 Å². The third-order valence-corrected chi connectivity index (χ3v) is 6.19. The fraction of sp³-hybridized carbons (Fsp3) is 0.435. The molecule has 0 radical (unpaired) electrons. The lowest BCUT2D eigenvalue weighted by molar-refractivity contribution is 0.0599. The molecule has 1 saturated heterocycles. The van der Waals surface area contributed by atoms with Gasteiger partial charge >= 0.3 is 5.97 Å². The lowest BCUT2D eigenvalue weighted by Crippen LogP contribution is -2.44. The number of piperidine rings is 1. The first-order valence-corrected chi connectivity index (χ1v) is 10.3. The average Bonchev–Trinajstić information content (AvgIpc) is 3.33. The van der Waals surface area contributed by atoms with E-state index >= 15 is 0 Å². The number of oxazole rings is 1. The Kier molecular flexibility index (Phi) is 5.47. The van der Waals surface area contributed by atoms with Crippen LogP contribution >= 0.6 is 0 Å². The van der Waals surface area contributed by atoms with Gasteiger partial charge in [-0.2, -0.15) is 0 Å². The van der Waals surface area contributed by atoms with E-state index in [9.17, 15) is 9.59 Å². The van der Waals surface area contributed by atoms with Gasteiger partial charge in [-0.1, -0.05) is 12.1 Å². The van der Waals surface area contributed by atoms with E-state index in [1.807, 2.05) is 31.2 Å². The number of methoxy groups -OCH3 is 1. The summed E-state index contributed by atoms with van der Waals surface area (Å²) in [5.41, 5.74) is 3.95. The van der Waals surface area contributed by atoms with Gasteiger partial charge in [-0.25, -0.2) is 9.78 Å². The molecule has 7 heteroatoms. The number of Topliss-reactive ketones (excluding diaryl/α,β-unsaturated/α-hetero) is 1. The predicted octanol–water partition coefficient (Wildman–Crippen LogP) is 4.01. The van der Waals surface area contributed by atoms with Crippen LogP contribution in [0.2, 0.25) is 0 Å². The molecule has 158 valence electrons. The largest absolute Gasteiger partial charge is 0.465 e. The van der Waals surface area contributed by atoms with Crippen molar-refractivity contribution in [2.45, 2.75) is 45.6 Å². The Bertz CT molecular complexity index is 1060. The summed E-state index contributed by atoms with van der Waals surface area (Å²) in [5.74, 6) is 0.614. The summed E-state index contributed by atoms with van der Waals surface area (Å²) < 4.78 is 10.8. The van der Waals surface area contributed by atoms with Crippen molar-refractivity contribution in [3.05, 3.63) is 52.7 Å². The van der Waals surface area contributed by atoms with Crippen LogP contribution in [0, 0.1) is 13.8 Å². The number of benzene rings is 1. The fourth-order valence-corrected chi connectivity index (χ4v) is 4.38. The van der Waals surface area contributed by atoms with Crippen molar-refractivity contribution in [1.82, 2.24) is 14.9 Å². The van der Waals surface area contributed by atoms with Crippen LogP contribution < -0.4 is 0 Å². The molecule has 1 atom stereocenters. The van der Waals surface area contributed by atoms with Crippen LogP contribution in [0.1, 0.15) is 63.7 Å². The van der Waals surface area contributed by atoms with Crippen molar-refractivity contribution in [2.75, 3.05) is 20.2 Å². The van der Waals surface area contributed by atoms with Gasteiger partial charge in [-0.05, 0) is 64.4 Å². The standard InChI is InChI=1S/C23H27N3O4/c1-13-19(23(28)29-4)14(2)24-20(13)21(27)15(3)26-11-9-16(10-12-26)22-25-17-7-5-6-8-18(17)30-22/h5-8,15-16,24H,9-12H2,1-4H3. The van der Waals surface area contributed by atoms with Crippen LogP contribution in [-0.2, 0) is 4.74 Å². The number of H-pyrrole nitrogens is 1. The van der Waals surface area contributed by atoms with Crippen molar-refractivity contribution >= 4 is 22.9 Å². The van der Waals surface area contributed by atoms with Crippen LogP contribution in [0.5, 0.6) is 0 Å². The summed E-state index contributed by atoms with van der Waals surface area (Å²) in [4.78, 5) is 35.1. The maximum absolute atomic E-state index is 13.2. The average molecular weight is 409 g/mol. The van der Waals surface area contributed by atoms with Crippen LogP contribution in [0.3, 0.4) is 0 Å². The number of esters is 1. The van der Waals surface area contributed by atoms with Crippen LogP contribution in [0.15, 0.2) is 28.7 Å². The molecule has 1 fully saturated rings. The Morgan fingerprint density at radius 3 is 2.60 bits per heavy atom. The minimum absolute atomic E-state index is 0.00827. The lowest BCUT2D eigenvalue weighted by atomic mass is 9.94. The normalized spacial score (nSPS) is 16.7. The molecular formula is C23H27N3O4. The maximum Gasteiger partial charge on any atom is 0.339 e. The second-order valence-electron chi connectivity index (χ2n) is 7.99. The number of aryl methyl sites for hydroxylation is 1. The molecule has 0 amide bonds. The van der Waals surface area contributed by atoms with Crippen molar-refractivity contribution in [3.8, 4) is 0 Å². The SMILES string of the molecule is COC(=O)c1c(C)[nH]c(C(=O)C(C)N2CCC(c3nc4ccccc4o3)CC2)c1C. The molecular weight excluding hydrogens is 382 g/mol. The molecule has 0 bridgehead atoms. The number of para-hydroxylation sites is 2. The summed E-state index contributed by atoms with van der Waals surface area (Å²) in [6, 6.07) is 7.52. The van der Waals surface area contributed by atoms with Crippen LogP contribution in [-0.4, -0.2) is 52.9 Å². The predicted molar refractivity (Wildman–Crippen MR) is 113 cm³/mol. The van der Waals surface area contributed by atoms with Crippen molar-refractivity contribution < 1.29 is 18.7 Å². The summed E-state index contributed by atoms with van der Waals surface area (Å²) in [6.07, 6.45) is 1.78. The first-order valence-electron chi connectivity index (χ1n) is 10.3. The number of likely N-dealkylation sites (tertiary alicyclic amines) is 1. The summed E-state index contributed by atoms with van der Waals surface area (Å²) in [7, 11) is 1.35. The van der Waals surface area contributed by atoms with E-state index in [1.54, 1.807) is 13.8 Å². The molecule has 7 nitrogen and oxygen atoms in total. The van der Waals surface area contributed by atoms with E-state index < -0.39 is 5.97 Å². The number of nitrogens with zero attached hydrogens (tertiary/aromatic N) is 2. The Morgan fingerprint density at radius 2 is 1.93 bits per heavy atom. The van der Waals surface area contributed by atoms with Crippen molar-refractivity contribution in [3.63, 3.8) is 0 Å². The molecule has 3 heterocycles. The van der Waals surface area contributed by atoms with Crippen LogP contribution in [0.25, 0.3) is 11.1 Å². The number of fused-ring (bicyclic) bond motifs is 1. The number of aromatic amines is 1. The zero-order chi connectivity index (χ0) is 21.4. The molecule has 1 aliphatic rings. The number of rotatable bonds is 5. The van der Waals surface area contributed by atoms with E-state index in [2.05, 4.69) is 14.9 Å². The fourth-order valence-electron chi connectivity index (χ4n) is 4.38. The highest BCUT2D eigenvalue weighted by atomic mass is 16.5. The molecule has 2 aromatic heterocycles. The van der Waals surface area contributed by atoms with Gasteiger partial charge in [-0.15, -0.1) is 0 Å². The Morgan fingerprint density at radius 1 is 1.23 bits per heavy atom. The molecule has 0 saturated carbocycles. The lowest BCUT2D eigenvalue weighted by Gasteiger charge is -2.34. The van der Waals surface area contributed by atoms with E-state index in [0.29, 0.717) is 22.5 Å². The van der Waals surface area contributed by atoms with Gasteiger partial charge in [0.05, 0.1) is 24.4 Å². The third-order valence-electron chi connectivity index (χ3n) is 6.19. The molecule has 1 N–H and O–H groups in total. The van der Waals surface area contributed by atoms with E-state index in [-0.39, 0.29) is 17.7 Å². The van der Waals surface area contributed by atoms with Gasteiger partial charge in [0, 0.05) is 11.6 Å². The third kappa shape index (κ3) is 3.54. The van der Waals surface area contributed by atoms with E-state index in [0.717, 1.165) is 42.9 Å². The molecule has 30 heavy (non-hydrogen) atoms. The number of hydrogen-bond acceptors (Lipinski definition) is 6. The summed E-state index contributed by atoms with van der Waals surface area (Å²) in [6.45, 7) is 7.08. The van der Waals surface area contributed by atoms with Gasteiger partial charge < -0.3 is 14.1 Å². The highest BCUT2D eigenvalue weighted by Gasteiger charge is 2.32. The molecule has 1 aromatic carbocycles. The zero-order valence-corrected chi connectivity index (χ0v) is 17.8. The van der Waals surface area contributed by atoms with Gasteiger partial charge in [0.2, 0.25) is 0 Å². The minimum atomic E-state index is -0.424. The molecule has 0 spiro atoms. The summed E-state index contributed by atoms with van der Waals surface area (Å²) >= 11 is 0. The molecule has 1 unspecified atom stereocenters. The number of hydrogen-bond donors (Lipinski definition) is 1. The smallest absolute Gasteiger partial charge is 0.339 e. The number of ketones is 1. The highest BCUT2D eigenvalue weighted by Crippen LogP contribution is 2.31. The first-order chi connectivity index (χ1) is 14.4. The van der Waals surface area contributed by atoms with Crippen molar-refractivity contribution in [2.24, 2.45) is 0 Å². The molecule has 4 rings (SSSR count). The maximum atomic E-state index is 13.2. The van der Waals surface area contributed by atoms with E-state index in [1.165, 1.54) is 7.11 Å². The zero-order valence-electron chi connectivity index (χ0n) is 17.8. The number of ether oxygens (including phenoxy) is 1. The number of carbonyl (C=O) groups excluding carboxylic acids is 2. The highest BCUT2D eigenvalue weighted by molar-refractivity contribution is 6.03. The number of carbonyl (C=O) groups is 2. The minimum Gasteiger partial charge on any atom is -0.465 e. The number of nitrogens with one attached hydrogen (secondary N) is 1.